The Balaban J connectivity index is 0. The first-order valence-electron chi connectivity index (χ1n) is 3.40. The fraction of sp³-hybridized carbons (Fsp3) is 0.750. The molecule has 2 heteroatoms. The molecule has 0 aliphatic heterocycles. The summed E-state index contributed by atoms with van der Waals surface area (Å²) in [5.41, 5.74) is 1.14. The van der Waals surface area contributed by atoms with Crippen LogP contribution in [0.2, 0.25) is 0 Å². The predicted octanol–water partition coefficient (Wildman–Crippen LogP) is 2.22. The molecule has 10 heavy (non-hydrogen) atoms. The lowest BCUT2D eigenvalue weighted by molar-refractivity contribution is 0.363. The average molecular weight is 161 g/mol. The van der Waals surface area contributed by atoms with Crippen LogP contribution in [-0.4, -0.2) is 18.5 Å². The van der Waals surface area contributed by atoms with Gasteiger partial charge in [0.05, 0.1) is 0 Å². The Morgan fingerprint density at radius 3 is 2.00 bits per heavy atom. The lowest BCUT2D eigenvalue weighted by Gasteiger charge is -2.20. The molecule has 0 bridgehead atoms. The highest BCUT2D eigenvalue weighted by molar-refractivity contribution is 7.59. The van der Waals surface area contributed by atoms with E-state index in [0.29, 0.717) is 0 Å². The Bertz CT molecular complexity index is 99.4. The summed E-state index contributed by atoms with van der Waals surface area (Å²) in [5, 5.41) is 0. The summed E-state index contributed by atoms with van der Waals surface area (Å²) in [5.74, 6) is 0.728. The number of allylic oxidation sites excluding steroid dienone is 1. The van der Waals surface area contributed by atoms with Crippen LogP contribution in [-0.2, 0) is 0 Å². The Labute approximate surface area is 71.6 Å². The van der Waals surface area contributed by atoms with Crippen LogP contribution in [0.25, 0.3) is 0 Å². The van der Waals surface area contributed by atoms with Crippen LogP contribution >= 0.6 is 13.5 Å². The SMILES string of the molecule is C=C(C)N(C)CC(C)C.S. The zero-order chi connectivity index (χ0) is 7.44. The van der Waals surface area contributed by atoms with Gasteiger partial charge in [-0.2, -0.15) is 13.5 Å². The van der Waals surface area contributed by atoms with E-state index in [4.69, 9.17) is 0 Å². The summed E-state index contributed by atoms with van der Waals surface area (Å²) < 4.78 is 0. The lowest BCUT2D eigenvalue weighted by Crippen LogP contribution is -2.20. The van der Waals surface area contributed by atoms with E-state index in [1.165, 1.54) is 0 Å². The van der Waals surface area contributed by atoms with Gasteiger partial charge in [-0.1, -0.05) is 20.4 Å². The molecule has 0 aromatic rings. The van der Waals surface area contributed by atoms with Gasteiger partial charge in [-0.15, -0.1) is 0 Å². The van der Waals surface area contributed by atoms with Crippen LogP contribution in [0.4, 0.5) is 0 Å². The molecule has 0 amide bonds. The van der Waals surface area contributed by atoms with Gasteiger partial charge >= 0.3 is 0 Å². The summed E-state index contributed by atoms with van der Waals surface area (Å²) >= 11 is 0. The maximum Gasteiger partial charge on any atom is 0.0194 e. The first-order valence-corrected chi connectivity index (χ1v) is 3.40. The van der Waals surface area contributed by atoms with E-state index >= 15 is 0 Å². The van der Waals surface area contributed by atoms with Crippen LogP contribution in [0.3, 0.4) is 0 Å². The molecule has 0 unspecified atom stereocenters. The molecular weight excluding hydrogens is 142 g/mol. The van der Waals surface area contributed by atoms with Crippen molar-refractivity contribution in [3.63, 3.8) is 0 Å². The zero-order valence-corrected chi connectivity index (χ0v) is 8.44. The minimum atomic E-state index is 0. The molecule has 0 aromatic heterocycles. The van der Waals surface area contributed by atoms with Crippen molar-refractivity contribution in [1.82, 2.24) is 4.90 Å². The lowest BCUT2D eigenvalue weighted by atomic mass is 10.2. The zero-order valence-electron chi connectivity index (χ0n) is 7.44. The highest BCUT2D eigenvalue weighted by Gasteiger charge is 1.98. The number of hydrogen-bond donors (Lipinski definition) is 0. The molecule has 0 atom stereocenters. The van der Waals surface area contributed by atoms with Gasteiger partial charge in [0, 0.05) is 19.3 Å². The maximum absolute atomic E-state index is 3.83. The van der Waals surface area contributed by atoms with E-state index in [2.05, 4.69) is 32.4 Å². The summed E-state index contributed by atoms with van der Waals surface area (Å²) in [4.78, 5) is 2.17. The van der Waals surface area contributed by atoms with Gasteiger partial charge in [-0.3, -0.25) is 0 Å². The third-order valence-corrected chi connectivity index (χ3v) is 1.29. The molecule has 0 saturated heterocycles. The molecule has 0 rings (SSSR count). The van der Waals surface area contributed by atoms with Crippen molar-refractivity contribution in [3.8, 4) is 0 Å². The van der Waals surface area contributed by atoms with Crippen molar-refractivity contribution in [2.24, 2.45) is 5.92 Å². The third-order valence-electron chi connectivity index (χ3n) is 1.29. The summed E-state index contributed by atoms with van der Waals surface area (Å²) in [6.07, 6.45) is 0. The fourth-order valence-electron chi connectivity index (χ4n) is 0.704. The van der Waals surface area contributed by atoms with Crippen LogP contribution in [0.5, 0.6) is 0 Å². The Hall–Kier alpha value is -0.110. The van der Waals surface area contributed by atoms with Crippen molar-refractivity contribution < 1.29 is 0 Å². The average Bonchev–Trinajstić information content (AvgIpc) is 1.63. The van der Waals surface area contributed by atoms with E-state index in [1.54, 1.807) is 0 Å². The van der Waals surface area contributed by atoms with Gasteiger partial charge in [0.15, 0.2) is 0 Å². The van der Waals surface area contributed by atoms with Crippen molar-refractivity contribution in [2.45, 2.75) is 20.8 Å². The van der Waals surface area contributed by atoms with Crippen molar-refractivity contribution >= 4 is 13.5 Å². The van der Waals surface area contributed by atoms with Gasteiger partial charge in [-0.05, 0) is 12.8 Å². The summed E-state index contributed by atoms with van der Waals surface area (Å²) in [6, 6.07) is 0. The van der Waals surface area contributed by atoms with Crippen molar-refractivity contribution in [3.05, 3.63) is 12.3 Å². The normalized spacial score (nSPS) is 8.90. The van der Waals surface area contributed by atoms with Crippen LogP contribution in [0.1, 0.15) is 20.8 Å². The molecule has 0 N–H and O–H groups in total. The second kappa shape index (κ2) is 5.66. The van der Waals surface area contributed by atoms with E-state index in [1.807, 2.05) is 6.92 Å². The smallest absolute Gasteiger partial charge is 0.0194 e. The molecule has 1 nitrogen and oxygen atoms in total. The fourth-order valence-corrected chi connectivity index (χ4v) is 0.704. The Kier molecular flexibility index (Phi) is 7.10. The van der Waals surface area contributed by atoms with E-state index < -0.39 is 0 Å². The first-order chi connectivity index (χ1) is 4.04. The second-order valence-corrected chi connectivity index (χ2v) is 3.01. The molecule has 62 valence electrons. The van der Waals surface area contributed by atoms with Gasteiger partial charge in [0.2, 0.25) is 0 Å². The molecule has 0 spiro atoms. The van der Waals surface area contributed by atoms with Crippen LogP contribution in [0.15, 0.2) is 12.3 Å². The third kappa shape index (κ3) is 6.02. The molecule has 0 saturated carbocycles. The quantitative estimate of drug-likeness (QED) is 0.613. The highest BCUT2D eigenvalue weighted by Crippen LogP contribution is 2.00. The summed E-state index contributed by atoms with van der Waals surface area (Å²) in [7, 11) is 2.07. The van der Waals surface area contributed by atoms with Gasteiger partial charge < -0.3 is 4.90 Å². The molecule has 0 aromatic carbocycles. The van der Waals surface area contributed by atoms with E-state index in [0.717, 1.165) is 18.2 Å². The first kappa shape index (κ1) is 12.6. The molecular formula is C8H19NS. The second-order valence-electron chi connectivity index (χ2n) is 3.01. The monoisotopic (exact) mass is 161 g/mol. The number of rotatable bonds is 3. The van der Waals surface area contributed by atoms with Crippen molar-refractivity contribution in [2.75, 3.05) is 13.6 Å². The molecule has 0 aliphatic carbocycles. The molecule has 0 heterocycles. The number of nitrogens with zero attached hydrogens (tertiary/aromatic N) is 1. The van der Waals surface area contributed by atoms with Gasteiger partial charge in [0.1, 0.15) is 0 Å². The van der Waals surface area contributed by atoms with Crippen LogP contribution in [0, 0.1) is 5.92 Å². The number of hydrogen-bond acceptors (Lipinski definition) is 1. The van der Waals surface area contributed by atoms with Crippen molar-refractivity contribution in [1.29, 1.82) is 0 Å². The predicted molar refractivity (Wildman–Crippen MR) is 52.7 cm³/mol. The van der Waals surface area contributed by atoms with E-state index in [-0.39, 0.29) is 13.5 Å². The van der Waals surface area contributed by atoms with Gasteiger partial charge in [-0.25, -0.2) is 0 Å². The topological polar surface area (TPSA) is 3.24 Å². The minimum Gasteiger partial charge on any atom is -0.378 e. The molecule has 0 fully saturated rings. The largest absolute Gasteiger partial charge is 0.378 e. The van der Waals surface area contributed by atoms with Crippen LogP contribution < -0.4 is 0 Å². The van der Waals surface area contributed by atoms with Gasteiger partial charge in [0.25, 0.3) is 0 Å². The molecule has 0 aliphatic rings. The maximum atomic E-state index is 3.83. The standard InChI is InChI=1S/C8H17N.H2S/c1-7(2)6-9(5)8(3)4;/h7H,3,6H2,1-2,4-5H3;1H2. The summed E-state index contributed by atoms with van der Waals surface area (Å²) in [6.45, 7) is 11.4. The Morgan fingerprint density at radius 1 is 1.50 bits per heavy atom. The van der Waals surface area contributed by atoms with E-state index in [9.17, 15) is 0 Å². The highest BCUT2D eigenvalue weighted by atomic mass is 32.1. The Morgan fingerprint density at radius 2 is 1.90 bits per heavy atom. The minimum absolute atomic E-state index is 0. The molecule has 0 radical (unpaired) electrons.